The molecule has 4 aromatic rings. The summed E-state index contributed by atoms with van der Waals surface area (Å²) in [5, 5.41) is 0. The van der Waals surface area contributed by atoms with Gasteiger partial charge in [0.25, 0.3) is 5.91 Å². The second-order valence-corrected chi connectivity index (χ2v) is 8.28. The quantitative estimate of drug-likeness (QED) is 0.417. The van der Waals surface area contributed by atoms with Gasteiger partial charge in [-0.25, -0.2) is 15.0 Å². The van der Waals surface area contributed by atoms with E-state index in [2.05, 4.69) is 24.9 Å². The van der Waals surface area contributed by atoms with Crippen LogP contribution in [0, 0.1) is 6.92 Å². The van der Waals surface area contributed by atoms with E-state index < -0.39 is 0 Å². The van der Waals surface area contributed by atoms with Gasteiger partial charge in [0.1, 0.15) is 23.7 Å². The Bertz CT molecular complexity index is 1310. The number of aromatic nitrogens is 5. The highest BCUT2D eigenvalue weighted by Crippen LogP contribution is 2.29. The molecule has 5 rings (SSSR count). The largest absolute Gasteiger partial charge is 0.497 e. The molecule has 1 aromatic carbocycles. The van der Waals surface area contributed by atoms with E-state index in [1.54, 1.807) is 37.8 Å². The summed E-state index contributed by atoms with van der Waals surface area (Å²) in [6, 6.07) is 12.7. The Balaban J connectivity index is 1.27. The van der Waals surface area contributed by atoms with E-state index in [1.165, 1.54) is 6.33 Å². The number of likely N-dealkylation sites (tertiary alicyclic amines) is 1. The third-order valence-corrected chi connectivity index (χ3v) is 5.84. The van der Waals surface area contributed by atoms with Gasteiger partial charge in [-0.2, -0.15) is 4.98 Å². The minimum absolute atomic E-state index is 0.0331. The summed E-state index contributed by atoms with van der Waals surface area (Å²) in [5.41, 5.74) is 2.88. The van der Waals surface area contributed by atoms with E-state index in [4.69, 9.17) is 9.47 Å². The van der Waals surface area contributed by atoms with Crippen LogP contribution in [0.2, 0.25) is 0 Å². The van der Waals surface area contributed by atoms with E-state index in [-0.39, 0.29) is 11.8 Å². The fourth-order valence-electron chi connectivity index (χ4n) is 4.02. The third-order valence-electron chi connectivity index (χ3n) is 5.84. The Morgan fingerprint density at radius 3 is 2.49 bits per heavy atom. The summed E-state index contributed by atoms with van der Waals surface area (Å²) >= 11 is 0. The van der Waals surface area contributed by atoms with Crippen LogP contribution in [0.1, 0.15) is 34.2 Å². The number of hydrogen-bond acceptors (Lipinski definition) is 8. The maximum absolute atomic E-state index is 13.1. The van der Waals surface area contributed by atoms with Gasteiger partial charge in [0.15, 0.2) is 0 Å². The van der Waals surface area contributed by atoms with Crippen molar-refractivity contribution < 1.29 is 14.3 Å². The number of carbonyl (C=O) groups is 1. The molecule has 1 amide bonds. The molecule has 0 aliphatic carbocycles. The molecular weight excluding hydrogens is 444 g/mol. The highest BCUT2D eigenvalue weighted by Gasteiger charge is 2.30. The molecule has 1 saturated heterocycles. The van der Waals surface area contributed by atoms with Crippen molar-refractivity contribution in [3.05, 3.63) is 84.5 Å². The lowest BCUT2D eigenvalue weighted by Gasteiger charge is -2.17. The second-order valence-electron chi connectivity index (χ2n) is 8.28. The van der Waals surface area contributed by atoms with Crippen molar-refractivity contribution >= 4 is 5.91 Å². The summed E-state index contributed by atoms with van der Waals surface area (Å²) in [7, 11) is 1.62. The lowest BCUT2D eigenvalue weighted by atomic mass is 10.1. The first-order chi connectivity index (χ1) is 17.1. The molecule has 3 aromatic heterocycles. The molecule has 9 heteroatoms. The number of benzene rings is 1. The number of pyridine rings is 1. The van der Waals surface area contributed by atoms with Crippen LogP contribution in [0.4, 0.5) is 0 Å². The summed E-state index contributed by atoms with van der Waals surface area (Å²) in [5.74, 6) is 2.56. The van der Waals surface area contributed by atoms with Gasteiger partial charge < -0.3 is 14.4 Å². The normalized spacial score (nSPS) is 15.1. The minimum atomic E-state index is -0.0572. The minimum Gasteiger partial charge on any atom is -0.497 e. The maximum Gasteiger partial charge on any atom is 0.255 e. The average Bonchev–Trinajstić information content (AvgIpc) is 3.40. The zero-order chi connectivity index (χ0) is 24.2. The predicted octanol–water partition coefficient (Wildman–Crippen LogP) is 4.07. The highest BCUT2D eigenvalue weighted by molar-refractivity contribution is 5.94. The number of nitrogens with zero attached hydrogens (tertiary/aromatic N) is 6. The first kappa shape index (κ1) is 22.4. The van der Waals surface area contributed by atoms with Crippen molar-refractivity contribution in [2.45, 2.75) is 19.3 Å². The number of rotatable bonds is 6. The van der Waals surface area contributed by atoms with Crippen molar-refractivity contribution in [1.29, 1.82) is 0 Å². The summed E-state index contributed by atoms with van der Waals surface area (Å²) in [6.45, 7) is 3.08. The van der Waals surface area contributed by atoms with Gasteiger partial charge in [0.2, 0.25) is 5.88 Å². The standard InChI is InChI=1S/C26H24N6O3/c1-17-11-24(35-22-6-4-21(34-2)5-7-22)31-25(30-17)19-9-10-32(15-19)26(33)18-3-8-23(29-14-18)20-12-27-16-28-13-20/h3-8,11-14,16,19H,9-10,15H2,1-2H3/t19-/m0/s1. The molecule has 0 N–H and O–H groups in total. The third kappa shape index (κ3) is 5.08. The molecule has 4 heterocycles. The zero-order valence-electron chi connectivity index (χ0n) is 19.5. The van der Waals surface area contributed by atoms with Crippen LogP contribution < -0.4 is 9.47 Å². The molecule has 0 unspecified atom stereocenters. The van der Waals surface area contributed by atoms with Crippen molar-refractivity contribution in [2.24, 2.45) is 0 Å². The van der Waals surface area contributed by atoms with E-state index in [1.807, 2.05) is 42.2 Å². The molecule has 0 saturated carbocycles. The van der Waals surface area contributed by atoms with Crippen molar-refractivity contribution in [3.8, 4) is 28.6 Å². The van der Waals surface area contributed by atoms with Gasteiger partial charge in [-0.1, -0.05) is 0 Å². The Hall–Kier alpha value is -4.40. The zero-order valence-corrected chi connectivity index (χ0v) is 19.5. The molecule has 1 fully saturated rings. The lowest BCUT2D eigenvalue weighted by Crippen LogP contribution is -2.28. The van der Waals surface area contributed by atoms with Gasteiger partial charge in [0, 0.05) is 54.9 Å². The van der Waals surface area contributed by atoms with Gasteiger partial charge >= 0.3 is 0 Å². The number of aryl methyl sites for hydroxylation is 1. The van der Waals surface area contributed by atoms with Crippen LogP contribution in [0.25, 0.3) is 11.3 Å². The maximum atomic E-state index is 13.1. The number of carbonyl (C=O) groups excluding carboxylic acids is 1. The van der Waals surface area contributed by atoms with Crippen LogP contribution in [0.15, 0.2) is 67.4 Å². The molecule has 1 aliphatic rings. The van der Waals surface area contributed by atoms with Crippen molar-refractivity contribution in [1.82, 2.24) is 29.8 Å². The molecular formula is C26H24N6O3. The van der Waals surface area contributed by atoms with Gasteiger partial charge in [-0.3, -0.25) is 9.78 Å². The van der Waals surface area contributed by atoms with E-state index in [0.29, 0.717) is 36.1 Å². The molecule has 1 atom stereocenters. The molecule has 9 nitrogen and oxygen atoms in total. The van der Waals surface area contributed by atoms with Crippen molar-refractivity contribution in [3.63, 3.8) is 0 Å². The Morgan fingerprint density at radius 1 is 1.00 bits per heavy atom. The van der Waals surface area contributed by atoms with Crippen LogP contribution in [0.5, 0.6) is 17.4 Å². The number of methoxy groups -OCH3 is 1. The predicted molar refractivity (Wildman–Crippen MR) is 128 cm³/mol. The van der Waals surface area contributed by atoms with Crippen LogP contribution in [-0.4, -0.2) is 55.9 Å². The Labute approximate surface area is 202 Å². The van der Waals surface area contributed by atoms with Crippen LogP contribution in [-0.2, 0) is 0 Å². The average molecular weight is 469 g/mol. The van der Waals surface area contributed by atoms with Crippen LogP contribution in [0.3, 0.4) is 0 Å². The Kier molecular flexibility index (Phi) is 6.30. The summed E-state index contributed by atoms with van der Waals surface area (Å²) in [4.78, 5) is 36.6. The topological polar surface area (TPSA) is 103 Å². The lowest BCUT2D eigenvalue weighted by molar-refractivity contribution is 0.0790. The molecule has 0 radical (unpaired) electrons. The monoisotopic (exact) mass is 468 g/mol. The smallest absolute Gasteiger partial charge is 0.255 e. The summed E-state index contributed by atoms with van der Waals surface area (Å²) < 4.78 is 11.1. The van der Waals surface area contributed by atoms with Crippen LogP contribution >= 0.6 is 0 Å². The molecule has 1 aliphatic heterocycles. The second kappa shape index (κ2) is 9.84. The number of hydrogen-bond donors (Lipinski definition) is 0. The van der Waals surface area contributed by atoms with Gasteiger partial charge in [0.05, 0.1) is 18.4 Å². The van der Waals surface area contributed by atoms with Gasteiger partial charge in [-0.05, 0) is 49.7 Å². The SMILES string of the molecule is COc1ccc(Oc2cc(C)nc([C@H]3CCN(C(=O)c4ccc(-c5cncnc5)nc4)C3)n2)cc1. The first-order valence-electron chi connectivity index (χ1n) is 11.3. The molecule has 35 heavy (non-hydrogen) atoms. The van der Waals surface area contributed by atoms with E-state index in [0.717, 1.165) is 29.1 Å². The van der Waals surface area contributed by atoms with Crippen molar-refractivity contribution in [2.75, 3.05) is 20.2 Å². The van der Waals surface area contributed by atoms with Gasteiger partial charge in [-0.15, -0.1) is 0 Å². The fraction of sp³-hybridized carbons (Fsp3) is 0.231. The number of amides is 1. The fourth-order valence-corrected chi connectivity index (χ4v) is 4.02. The highest BCUT2D eigenvalue weighted by atomic mass is 16.5. The molecule has 176 valence electrons. The molecule has 0 spiro atoms. The van der Waals surface area contributed by atoms with E-state index in [9.17, 15) is 4.79 Å². The summed E-state index contributed by atoms with van der Waals surface area (Å²) in [6.07, 6.45) is 7.23. The Morgan fingerprint density at radius 2 is 1.77 bits per heavy atom. The van der Waals surface area contributed by atoms with E-state index >= 15 is 0 Å². The number of ether oxygens (including phenoxy) is 2. The first-order valence-corrected chi connectivity index (χ1v) is 11.3. The molecule has 0 bridgehead atoms.